The zero-order chi connectivity index (χ0) is 15.3. The summed E-state index contributed by atoms with van der Waals surface area (Å²) in [7, 11) is 1.64. The van der Waals surface area contributed by atoms with Crippen molar-refractivity contribution < 1.29 is 14.3 Å². The first-order valence-electron chi connectivity index (χ1n) is 7.12. The predicted octanol–water partition coefficient (Wildman–Crippen LogP) is 1.39. The first-order valence-corrected chi connectivity index (χ1v) is 7.12. The van der Waals surface area contributed by atoms with Gasteiger partial charge in [-0.1, -0.05) is 19.1 Å². The SMILES string of the molecule is C/C=C/[C@@H]1CC(=O)N[C@H]1[C@@H](NC(C)=O)[C@](C)(CC)OC. The Balaban J connectivity index is 3.08. The van der Waals surface area contributed by atoms with Crippen molar-refractivity contribution in [3.05, 3.63) is 12.2 Å². The van der Waals surface area contributed by atoms with Gasteiger partial charge in [0.25, 0.3) is 0 Å². The van der Waals surface area contributed by atoms with Crippen LogP contribution in [0.3, 0.4) is 0 Å². The molecule has 0 unspecified atom stereocenters. The maximum Gasteiger partial charge on any atom is 0.220 e. The highest BCUT2D eigenvalue weighted by molar-refractivity contribution is 5.80. The normalized spacial score (nSPS) is 27.1. The Morgan fingerprint density at radius 2 is 2.30 bits per heavy atom. The largest absolute Gasteiger partial charge is 0.376 e. The van der Waals surface area contributed by atoms with Crippen LogP contribution in [0.2, 0.25) is 0 Å². The molecule has 0 aromatic rings. The average molecular weight is 282 g/mol. The number of ether oxygens (including phenoxy) is 1. The number of methoxy groups -OCH3 is 1. The van der Waals surface area contributed by atoms with E-state index in [-0.39, 0.29) is 29.8 Å². The van der Waals surface area contributed by atoms with Gasteiger partial charge >= 0.3 is 0 Å². The number of allylic oxidation sites excluding steroid dienone is 1. The van der Waals surface area contributed by atoms with Crippen LogP contribution in [0.1, 0.15) is 40.5 Å². The summed E-state index contributed by atoms with van der Waals surface area (Å²) in [5, 5.41) is 5.94. The zero-order valence-corrected chi connectivity index (χ0v) is 13.0. The number of carbonyl (C=O) groups is 2. The number of rotatable bonds is 6. The first-order chi connectivity index (χ1) is 9.37. The summed E-state index contributed by atoms with van der Waals surface area (Å²) in [5.74, 6) is -0.0273. The highest BCUT2D eigenvalue weighted by Gasteiger charge is 2.45. The van der Waals surface area contributed by atoms with Gasteiger partial charge in [0, 0.05) is 26.4 Å². The molecule has 114 valence electrons. The van der Waals surface area contributed by atoms with E-state index >= 15 is 0 Å². The number of nitrogens with one attached hydrogen (secondary N) is 2. The van der Waals surface area contributed by atoms with Gasteiger partial charge in [0.15, 0.2) is 0 Å². The van der Waals surface area contributed by atoms with E-state index < -0.39 is 5.60 Å². The van der Waals surface area contributed by atoms with Crippen molar-refractivity contribution in [1.82, 2.24) is 10.6 Å². The second kappa shape index (κ2) is 6.88. The van der Waals surface area contributed by atoms with Crippen molar-refractivity contribution in [2.75, 3.05) is 7.11 Å². The first kappa shape index (κ1) is 16.7. The van der Waals surface area contributed by atoms with Crippen LogP contribution in [0.15, 0.2) is 12.2 Å². The topological polar surface area (TPSA) is 67.4 Å². The Morgan fingerprint density at radius 1 is 1.65 bits per heavy atom. The molecule has 2 amide bonds. The smallest absolute Gasteiger partial charge is 0.220 e. The van der Waals surface area contributed by atoms with Crippen LogP contribution in [0, 0.1) is 5.92 Å². The van der Waals surface area contributed by atoms with E-state index in [0.717, 1.165) is 6.42 Å². The minimum Gasteiger partial charge on any atom is -0.376 e. The second-order valence-corrected chi connectivity index (χ2v) is 5.54. The molecule has 5 heteroatoms. The Kier molecular flexibility index (Phi) is 5.74. The molecule has 4 atom stereocenters. The quantitative estimate of drug-likeness (QED) is 0.723. The fourth-order valence-electron chi connectivity index (χ4n) is 2.79. The van der Waals surface area contributed by atoms with E-state index in [1.165, 1.54) is 6.92 Å². The molecule has 0 aromatic carbocycles. The summed E-state index contributed by atoms with van der Waals surface area (Å²) in [6.45, 7) is 7.40. The standard InChI is InChI=1S/C15H26N2O3/c1-6-8-11-9-12(19)17-13(11)14(16-10(3)18)15(4,7-2)20-5/h6,8,11,13-14H,7,9H2,1-5H3,(H,16,18)(H,17,19)/b8-6+/t11-,13-,14-,15+/m1/s1. The Morgan fingerprint density at radius 3 is 2.75 bits per heavy atom. The Bertz CT molecular complexity index is 389. The van der Waals surface area contributed by atoms with Crippen LogP contribution in [-0.4, -0.2) is 36.6 Å². The zero-order valence-electron chi connectivity index (χ0n) is 13.0. The Labute approximate surface area is 121 Å². The highest BCUT2D eigenvalue weighted by Crippen LogP contribution is 2.30. The maximum absolute atomic E-state index is 11.7. The third kappa shape index (κ3) is 3.60. The molecule has 1 fully saturated rings. The molecule has 1 aliphatic heterocycles. The monoisotopic (exact) mass is 282 g/mol. The van der Waals surface area contributed by atoms with E-state index in [1.54, 1.807) is 7.11 Å². The molecule has 1 saturated heterocycles. The van der Waals surface area contributed by atoms with Crippen molar-refractivity contribution in [1.29, 1.82) is 0 Å². The van der Waals surface area contributed by atoms with Gasteiger partial charge < -0.3 is 15.4 Å². The fraction of sp³-hybridized carbons (Fsp3) is 0.733. The summed E-state index contributed by atoms with van der Waals surface area (Å²) >= 11 is 0. The molecule has 0 saturated carbocycles. The maximum atomic E-state index is 11.7. The molecule has 0 aromatic heterocycles. The van der Waals surface area contributed by atoms with Crippen LogP contribution in [0.25, 0.3) is 0 Å². The average Bonchev–Trinajstić information content (AvgIpc) is 2.76. The molecule has 0 spiro atoms. The molecule has 2 N–H and O–H groups in total. The van der Waals surface area contributed by atoms with Crippen molar-refractivity contribution in [2.45, 2.75) is 58.2 Å². The van der Waals surface area contributed by atoms with Crippen LogP contribution in [-0.2, 0) is 14.3 Å². The summed E-state index contributed by atoms with van der Waals surface area (Å²) < 4.78 is 5.63. The predicted molar refractivity (Wildman–Crippen MR) is 78.2 cm³/mol. The molecular weight excluding hydrogens is 256 g/mol. The minimum absolute atomic E-state index is 0.0167. The minimum atomic E-state index is -0.520. The van der Waals surface area contributed by atoms with Crippen LogP contribution in [0.4, 0.5) is 0 Å². The summed E-state index contributed by atoms with van der Waals surface area (Å²) in [5.41, 5.74) is -0.520. The molecule has 5 nitrogen and oxygen atoms in total. The van der Waals surface area contributed by atoms with E-state index in [2.05, 4.69) is 10.6 Å². The van der Waals surface area contributed by atoms with E-state index in [9.17, 15) is 9.59 Å². The van der Waals surface area contributed by atoms with Crippen molar-refractivity contribution in [2.24, 2.45) is 5.92 Å². The lowest BCUT2D eigenvalue weighted by Gasteiger charge is -2.40. The van der Waals surface area contributed by atoms with E-state index in [0.29, 0.717) is 6.42 Å². The lowest BCUT2D eigenvalue weighted by atomic mass is 9.82. The lowest BCUT2D eigenvalue weighted by molar-refractivity contribution is -0.125. The number of amides is 2. The van der Waals surface area contributed by atoms with Crippen LogP contribution in [0.5, 0.6) is 0 Å². The van der Waals surface area contributed by atoms with Gasteiger partial charge in [-0.3, -0.25) is 9.59 Å². The molecule has 0 radical (unpaired) electrons. The summed E-state index contributed by atoms with van der Waals surface area (Å²) in [6.07, 6.45) is 5.15. The van der Waals surface area contributed by atoms with Crippen molar-refractivity contribution in [3.63, 3.8) is 0 Å². The number of hydrogen-bond donors (Lipinski definition) is 2. The fourth-order valence-corrected chi connectivity index (χ4v) is 2.79. The van der Waals surface area contributed by atoms with Gasteiger partial charge in [-0.05, 0) is 20.3 Å². The van der Waals surface area contributed by atoms with Gasteiger partial charge in [0.05, 0.1) is 17.7 Å². The molecule has 0 bridgehead atoms. The molecule has 1 heterocycles. The van der Waals surface area contributed by atoms with E-state index in [1.807, 2.05) is 32.9 Å². The molecule has 1 rings (SSSR count). The van der Waals surface area contributed by atoms with E-state index in [4.69, 9.17) is 4.74 Å². The lowest BCUT2D eigenvalue weighted by Crippen LogP contribution is -2.61. The van der Waals surface area contributed by atoms with Gasteiger partial charge in [0.1, 0.15) is 0 Å². The molecule has 20 heavy (non-hydrogen) atoms. The molecule has 0 aliphatic carbocycles. The van der Waals surface area contributed by atoms with Crippen LogP contribution >= 0.6 is 0 Å². The second-order valence-electron chi connectivity index (χ2n) is 5.54. The van der Waals surface area contributed by atoms with Gasteiger partial charge in [0.2, 0.25) is 11.8 Å². The van der Waals surface area contributed by atoms with Gasteiger partial charge in [-0.15, -0.1) is 0 Å². The summed E-state index contributed by atoms with van der Waals surface area (Å²) in [6, 6.07) is -0.407. The van der Waals surface area contributed by atoms with Crippen LogP contribution < -0.4 is 10.6 Å². The Hall–Kier alpha value is -1.36. The van der Waals surface area contributed by atoms with Crippen molar-refractivity contribution in [3.8, 4) is 0 Å². The number of carbonyl (C=O) groups excluding carboxylic acids is 2. The van der Waals surface area contributed by atoms with Gasteiger partial charge in [-0.25, -0.2) is 0 Å². The third-order valence-electron chi connectivity index (χ3n) is 4.19. The molecular formula is C15H26N2O3. The van der Waals surface area contributed by atoms with Crippen molar-refractivity contribution >= 4 is 11.8 Å². The third-order valence-corrected chi connectivity index (χ3v) is 4.19. The number of hydrogen-bond acceptors (Lipinski definition) is 3. The van der Waals surface area contributed by atoms with Gasteiger partial charge in [-0.2, -0.15) is 0 Å². The summed E-state index contributed by atoms with van der Waals surface area (Å²) in [4.78, 5) is 23.3. The highest BCUT2D eigenvalue weighted by atomic mass is 16.5. The molecule has 1 aliphatic rings.